The minimum atomic E-state index is -0.715. The van der Waals surface area contributed by atoms with E-state index >= 15 is 0 Å². The first-order valence-corrected chi connectivity index (χ1v) is 5.59. The SMILES string of the molecule is Cn1ccnc1CCNCCCCC(=O)O. The number of carboxylic acid groups (broad SMARTS) is 1. The minimum Gasteiger partial charge on any atom is -0.481 e. The second kappa shape index (κ2) is 7.00. The summed E-state index contributed by atoms with van der Waals surface area (Å²) in [4.78, 5) is 14.5. The Hall–Kier alpha value is -1.36. The molecule has 1 rings (SSSR count). The fourth-order valence-electron chi connectivity index (χ4n) is 1.49. The van der Waals surface area contributed by atoms with E-state index in [-0.39, 0.29) is 6.42 Å². The summed E-state index contributed by atoms with van der Waals surface area (Å²) >= 11 is 0. The zero-order valence-electron chi connectivity index (χ0n) is 9.65. The number of hydrogen-bond acceptors (Lipinski definition) is 3. The molecule has 5 nitrogen and oxygen atoms in total. The summed E-state index contributed by atoms with van der Waals surface area (Å²) in [6, 6.07) is 0. The molecule has 1 aromatic rings. The molecule has 0 radical (unpaired) electrons. The number of rotatable bonds is 8. The molecule has 0 amide bonds. The summed E-state index contributed by atoms with van der Waals surface area (Å²) in [6.07, 6.45) is 6.55. The van der Waals surface area contributed by atoms with Crippen LogP contribution in [0.25, 0.3) is 0 Å². The lowest BCUT2D eigenvalue weighted by Crippen LogP contribution is -2.19. The van der Waals surface area contributed by atoms with Gasteiger partial charge in [0.05, 0.1) is 0 Å². The zero-order valence-corrected chi connectivity index (χ0v) is 9.65. The van der Waals surface area contributed by atoms with Crippen molar-refractivity contribution in [2.45, 2.75) is 25.7 Å². The molecule has 1 heterocycles. The highest BCUT2D eigenvalue weighted by Gasteiger charge is 1.98. The van der Waals surface area contributed by atoms with Crippen LogP contribution >= 0.6 is 0 Å². The van der Waals surface area contributed by atoms with Crippen molar-refractivity contribution in [3.63, 3.8) is 0 Å². The Kier molecular flexibility index (Phi) is 5.56. The molecule has 0 aromatic carbocycles. The summed E-state index contributed by atoms with van der Waals surface area (Å²) < 4.78 is 2.01. The molecule has 0 aliphatic carbocycles. The van der Waals surface area contributed by atoms with Gasteiger partial charge in [-0.2, -0.15) is 0 Å². The number of nitrogens with zero attached hydrogens (tertiary/aromatic N) is 2. The Bertz CT molecular complexity index is 323. The number of aliphatic carboxylic acids is 1. The zero-order chi connectivity index (χ0) is 11.8. The Morgan fingerprint density at radius 1 is 1.50 bits per heavy atom. The van der Waals surface area contributed by atoms with E-state index in [1.165, 1.54) is 0 Å². The molecule has 0 atom stereocenters. The van der Waals surface area contributed by atoms with Crippen molar-refractivity contribution in [1.82, 2.24) is 14.9 Å². The van der Waals surface area contributed by atoms with Gasteiger partial charge in [-0.15, -0.1) is 0 Å². The van der Waals surface area contributed by atoms with Gasteiger partial charge >= 0.3 is 5.97 Å². The lowest BCUT2D eigenvalue weighted by atomic mass is 10.2. The van der Waals surface area contributed by atoms with E-state index in [1.807, 2.05) is 17.8 Å². The van der Waals surface area contributed by atoms with E-state index in [0.717, 1.165) is 38.2 Å². The molecule has 1 aromatic heterocycles. The normalized spacial score (nSPS) is 10.6. The van der Waals surface area contributed by atoms with Gasteiger partial charge in [-0.3, -0.25) is 4.79 Å². The molecule has 0 spiro atoms. The Balaban J connectivity index is 1.96. The maximum atomic E-state index is 10.2. The van der Waals surface area contributed by atoms with Crippen LogP contribution in [0.2, 0.25) is 0 Å². The lowest BCUT2D eigenvalue weighted by molar-refractivity contribution is -0.137. The van der Waals surface area contributed by atoms with Crippen LogP contribution in [0, 0.1) is 0 Å². The summed E-state index contributed by atoms with van der Waals surface area (Å²) in [5.41, 5.74) is 0. The van der Waals surface area contributed by atoms with Crippen LogP contribution in [0.5, 0.6) is 0 Å². The van der Waals surface area contributed by atoms with Crippen molar-refractivity contribution < 1.29 is 9.90 Å². The van der Waals surface area contributed by atoms with Gasteiger partial charge in [-0.1, -0.05) is 0 Å². The van der Waals surface area contributed by atoms with Crippen molar-refractivity contribution in [2.75, 3.05) is 13.1 Å². The molecule has 16 heavy (non-hydrogen) atoms. The van der Waals surface area contributed by atoms with Gasteiger partial charge in [-0.25, -0.2) is 4.98 Å². The molecule has 0 fully saturated rings. The third-order valence-electron chi connectivity index (χ3n) is 2.44. The maximum absolute atomic E-state index is 10.2. The number of hydrogen-bond donors (Lipinski definition) is 2. The summed E-state index contributed by atoms with van der Waals surface area (Å²) in [5, 5.41) is 11.7. The highest BCUT2D eigenvalue weighted by atomic mass is 16.4. The van der Waals surface area contributed by atoms with Gasteiger partial charge in [0, 0.05) is 38.8 Å². The van der Waals surface area contributed by atoms with E-state index in [2.05, 4.69) is 10.3 Å². The number of carboxylic acids is 1. The van der Waals surface area contributed by atoms with Gasteiger partial charge in [0.15, 0.2) is 0 Å². The van der Waals surface area contributed by atoms with Crippen LogP contribution in [0.4, 0.5) is 0 Å². The Morgan fingerprint density at radius 2 is 2.31 bits per heavy atom. The molecule has 90 valence electrons. The van der Waals surface area contributed by atoms with Gasteiger partial charge in [0.1, 0.15) is 5.82 Å². The van der Waals surface area contributed by atoms with E-state index in [1.54, 1.807) is 6.20 Å². The predicted molar refractivity (Wildman–Crippen MR) is 61.3 cm³/mol. The van der Waals surface area contributed by atoms with Crippen molar-refractivity contribution in [1.29, 1.82) is 0 Å². The van der Waals surface area contributed by atoms with Crippen molar-refractivity contribution >= 4 is 5.97 Å². The van der Waals surface area contributed by atoms with E-state index in [0.29, 0.717) is 0 Å². The topological polar surface area (TPSA) is 67.2 Å². The number of aryl methyl sites for hydroxylation is 1. The largest absolute Gasteiger partial charge is 0.481 e. The molecular formula is C11H19N3O2. The van der Waals surface area contributed by atoms with Gasteiger partial charge in [0.2, 0.25) is 0 Å². The number of aromatic nitrogens is 2. The molecule has 0 aliphatic heterocycles. The van der Waals surface area contributed by atoms with Crippen LogP contribution < -0.4 is 5.32 Å². The number of carbonyl (C=O) groups is 1. The first-order chi connectivity index (χ1) is 7.70. The average Bonchev–Trinajstić information content (AvgIpc) is 2.62. The van der Waals surface area contributed by atoms with Crippen molar-refractivity contribution in [2.24, 2.45) is 7.05 Å². The summed E-state index contributed by atoms with van der Waals surface area (Å²) in [5.74, 6) is 0.353. The fourth-order valence-corrected chi connectivity index (χ4v) is 1.49. The molecule has 0 bridgehead atoms. The Morgan fingerprint density at radius 3 is 2.94 bits per heavy atom. The minimum absolute atomic E-state index is 0.265. The van der Waals surface area contributed by atoms with Crippen molar-refractivity contribution in [3.05, 3.63) is 18.2 Å². The molecule has 0 saturated heterocycles. The first-order valence-electron chi connectivity index (χ1n) is 5.59. The van der Waals surface area contributed by atoms with E-state index < -0.39 is 5.97 Å². The van der Waals surface area contributed by atoms with E-state index in [9.17, 15) is 4.79 Å². The van der Waals surface area contributed by atoms with Gasteiger partial charge in [0.25, 0.3) is 0 Å². The Labute approximate surface area is 95.5 Å². The average molecular weight is 225 g/mol. The summed E-state index contributed by atoms with van der Waals surface area (Å²) in [6.45, 7) is 1.76. The van der Waals surface area contributed by atoms with E-state index in [4.69, 9.17) is 5.11 Å². The number of nitrogens with one attached hydrogen (secondary N) is 1. The molecule has 0 aliphatic rings. The monoisotopic (exact) mass is 225 g/mol. The molecule has 0 unspecified atom stereocenters. The number of unbranched alkanes of at least 4 members (excludes halogenated alkanes) is 1. The van der Waals surface area contributed by atoms with Crippen LogP contribution in [0.1, 0.15) is 25.1 Å². The molecule has 0 saturated carbocycles. The highest BCUT2D eigenvalue weighted by molar-refractivity contribution is 5.66. The molecule has 2 N–H and O–H groups in total. The third kappa shape index (κ3) is 4.93. The molecular weight excluding hydrogens is 206 g/mol. The lowest BCUT2D eigenvalue weighted by Gasteiger charge is -2.04. The van der Waals surface area contributed by atoms with Crippen LogP contribution in [-0.2, 0) is 18.3 Å². The van der Waals surface area contributed by atoms with Gasteiger partial charge in [-0.05, 0) is 19.4 Å². The first kappa shape index (κ1) is 12.7. The predicted octanol–water partition coefficient (Wildman–Crippen LogP) is 0.807. The van der Waals surface area contributed by atoms with Crippen LogP contribution in [-0.4, -0.2) is 33.7 Å². The number of imidazole rings is 1. The quantitative estimate of drug-likeness (QED) is 0.642. The smallest absolute Gasteiger partial charge is 0.303 e. The standard InChI is InChI=1S/C11H19N3O2/c1-14-9-8-13-10(14)5-7-12-6-3-2-4-11(15)16/h8-9,12H,2-7H2,1H3,(H,15,16). The third-order valence-corrected chi connectivity index (χ3v) is 2.44. The van der Waals surface area contributed by atoms with Crippen LogP contribution in [0.15, 0.2) is 12.4 Å². The maximum Gasteiger partial charge on any atom is 0.303 e. The summed E-state index contributed by atoms with van der Waals surface area (Å²) in [7, 11) is 1.98. The fraction of sp³-hybridized carbons (Fsp3) is 0.636. The van der Waals surface area contributed by atoms with Gasteiger partial charge < -0.3 is 15.0 Å². The molecule has 5 heteroatoms. The van der Waals surface area contributed by atoms with Crippen LogP contribution in [0.3, 0.4) is 0 Å². The second-order valence-corrected chi connectivity index (χ2v) is 3.81. The second-order valence-electron chi connectivity index (χ2n) is 3.81. The highest BCUT2D eigenvalue weighted by Crippen LogP contribution is 1.95. The van der Waals surface area contributed by atoms with Crippen molar-refractivity contribution in [3.8, 4) is 0 Å².